The van der Waals surface area contributed by atoms with E-state index >= 15 is 0 Å². The number of benzene rings is 2. The predicted octanol–water partition coefficient (Wildman–Crippen LogP) is 6.51. The number of rotatable bonds is 11. The van der Waals surface area contributed by atoms with Gasteiger partial charge in [-0.25, -0.2) is 8.78 Å². The van der Waals surface area contributed by atoms with Crippen molar-refractivity contribution in [2.24, 2.45) is 10.8 Å². The highest BCUT2D eigenvalue weighted by Gasteiger charge is 2.49. The molecule has 0 unspecified atom stereocenters. The van der Waals surface area contributed by atoms with E-state index in [1.54, 1.807) is 6.07 Å². The molecule has 9 heteroatoms. The molecular weight excluding hydrogens is 538 g/mol. The second-order valence-corrected chi connectivity index (χ2v) is 13.0. The summed E-state index contributed by atoms with van der Waals surface area (Å²) >= 11 is 6.19. The Morgan fingerprint density at radius 2 is 1.82 bits per heavy atom. The number of carbonyl (C=O) groups excluding carboxylic acids is 2. The number of aromatic nitrogens is 1. The largest absolute Gasteiger partial charge is 0.380 e. The molecule has 0 N–H and O–H groups in total. The van der Waals surface area contributed by atoms with Crippen LogP contribution in [0.1, 0.15) is 56.1 Å². The number of hydrogen-bond acceptors (Lipinski definition) is 6. The van der Waals surface area contributed by atoms with Gasteiger partial charge in [0.15, 0.2) is 11.5 Å². The maximum absolute atomic E-state index is 14.2. The van der Waals surface area contributed by atoms with Crippen molar-refractivity contribution >= 4 is 23.2 Å². The molecule has 6 nitrogen and oxygen atoms in total. The van der Waals surface area contributed by atoms with E-state index in [1.807, 2.05) is 32.0 Å². The van der Waals surface area contributed by atoms with Gasteiger partial charge >= 0.3 is 0 Å². The molecular formula is C31H33ClF2N2O4. The fourth-order valence-electron chi connectivity index (χ4n) is 6.02. The van der Waals surface area contributed by atoms with Gasteiger partial charge < -0.3 is 14.2 Å². The lowest BCUT2D eigenvalue weighted by atomic mass is 9.68. The predicted molar refractivity (Wildman–Crippen MR) is 147 cm³/mol. The minimum Gasteiger partial charge on any atom is -0.380 e. The summed E-state index contributed by atoms with van der Waals surface area (Å²) in [4.78, 5) is 29.1. The summed E-state index contributed by atoms with van der Waals surface area (Å²) in [6, 6.07) is 12.0. The standard InChI is InChI=1S/C31H33ClF2N2O4/c1-29(2,20-5-4-6-21(32)9-20)12-23(37)13-31(16-36(17-31)15-30(3)18-39-19-30)14-27(38)26-11-28(40-35-26)24-8-7-22(33)10-25(24)34/h4-11H,12-19H2,1-3H3. The van der Waals surface area contributed by atoms with Crippen LogP contribution >= 0.6 is 11.6 Å². The lowest BCUT2D eigenvalue weighted by Crippen LogP contribution is -2.62. The van der Waals surface area contributed by atoms with Crippen LogP contribution in [-0.2, 0) is 14.9 Å². The molecule has 1 aromatic heterocycles. The van der Waals surface area contributed by atoms with E-state index in [2.05, 4.69) is 17.0 Å². The number of halogens is 3. The van der Waals surface area contributed by atoms with E-state index in [1.165, 1.54) is 12.1 Å². The Morgan fingerprint density at radius 1 is 1.07 bits per heavy atom. The Morgan fingerprint density at radius 3 is 2.48 bits per heavy atom. The van der Waals surface area contributed by atoms with Gasteiger partial charge in [0.25, 0.3) is 0 Å². The number of nitrogens with zero attached hydrogens (tertiary/aromatic N) is 2. The van der Waals surface area contributed by atoms with Crippen LogP contribution < -0.4 is 0 Å². The third-order valence-corrected chi connectivity index (χ3v) is 8.20. The summed E-state index contributed by atoms with van der Waals surface area (Å²) in [5.74, 6) is -1.67. The van der Waals surface area contributed by atoms with E-state index in [0.717, 1.165) is 24.2 Å². The van der Waals surface area contributed by atoms with Gasteiger partial charge in [0, 0.05) is 66.9 Å². The molecule has 2 aliphatic heterocycles. The normalized spacial score (nSPS) is 18.1. The molecule has 2 aliphatic rings. The zero-order valence-electron chi connectivity index (χ0n) is 22.9. The number of ether oxygens (including phenoxy) is 1. The highest BCUT2D eigenvalue weighted by atomic mass is 35.5. The molecule has 0 amide bonds. The minimum absolute atomic E-state index is 0.0202. The fourth-order valence-corrected chi connectivity index (χ4v) is 6.21. The van der Waals surface area contributed by atoms with Crippen LogP contribution in [0, 0.1) is 22.5 Å². The molecule has 0 spiro atoms. The van der Waals surface area contributed by atoms with Gasteiger partial charge in [-0.05, 0) is 35.2 Å². The quantitative estimate of drug-likeness (QED) is 0.245. The SMILES string of the molecule is CC1(CN2CC(CC(=O)CC(C)(C)c3cccc(Cl)c3)(CC(=O)c3cc(-c4ccc(F)cc4F)on3)C2)COC1. The summed E-state index contributed by atoms with van der Waals surface area (Å²) < 4.78 is 38.2. The molecule has 2 saturated heterocycles. The van der Waals surface area contributed by atoms with Crippen LogP contribution in [0.4, 0.5) is 8.78 Å². The number of carbonyl (C=O) groups is 2. The number of ketones is 2. The summed E-state index contributed by atoms with van der Waals surface area (Å²) in [5.41, 5.74) is 0.173. The van der Waals surface area contributed by atoms with Gasteiger partial charge in [-0.1, -0.05) is 49.7 Å². The second kappa shape index (κ2) is 10.8. The zero-order valence-corrected chi connectivity index (χ0v) is 23.7. The molecule has 0 bridgehead atoms. The Hall–Kier alpha value is -2.94. The molecule has 0 saturated carbocycles. The average Bonchev–Trinajstić information content (AvgIpc) is 3.32. The average molecular weight is 571 g/mol. The highest BCUT2D eigenvalue weighted by molar-refractivity contribution is 6.30. The zero-order chi connectivity index (χ0) is 28.7. The number of Topliss-reactive ketones (excluding diaryl/α,β-unsaturated/α-hetero) is 2. The maximum atomic E-state index is 14.2. The Bertz CT molecular complexity index is 1430. The van der Waals surface area contributed by atoms with Crippen molar-refractivity contribution in [3.63, 3.8) is 0 Å². The van der Waals surface area contributed by atoms with E-state index in [0.29, 0.717) is 37.7 Å². The molecule has 5 rings (SSSR count). The molecule has 0 radical (unpaired) electrons. The van der Waals surface area contributed by atoms with Crippen molar-refractivity contribution in [2.75, 3.05) is 32.8 Å². The topological polar surface area (TPSA) is 72.6 Å². The molecule has 0 aliphatic carbocycles. The number of hydrogen-bond donors (Lipinski definition) is 0. The lowest BCUT2D eigenvalue weighted by molar-refractivity contribution is -0.143. The third-order valence-electron chi connectivity index (χ3n) is 7.97. The van der Waals surface area contributed by atoms with Crippen LogP contribution in [0.15, 0.2) is 53.1 Å². The van der Waals surface area contributed by atoms with Crippen molar-refractivity contribution in [3.05, 3.63) is 76.4 Å². The second-order valence-electron chi connectivity index (χ2n) is 12.5. The molecule has 40 heavy (non-hydrogen) atoms. The first-order chi connectivity index (χ1) is 18.9. The van der Waals surface area contributed by atoms with Gasteiger partial charge in [0.2, 0.25) is 0 Å². The van der Waals surface area contributed by atoms with Crippen LogP contribution in [0.25, 0.3) is 11.3 Å². The van der Waals surface area contributed by atoms with Crippen LogP contribution in [0.2, 0.25) is 5.02 Å². The molecule has 2 fully saturated rings. The fraction of sp³-hybridized carbons (Fsp3) is 0.452. The van der Waals surface area contributed by atoms with Crippen LogP contribution in [0.5, 0.6) is 0 Å². The van der Waals surface area contributed by atoms with Gasteiger partial charge in [-0.15, -0.1) is 0 Å². The first-order valence-electron chi connectivity index (χ1n) is 13.4. The Balaban J connectivity index is 1.30. The van der Waals surface area contributed by atoms with Crippen molar-refractivity contribution in [2.45, 2.75) is 45.4 Å². The smallest absolute Gasteiger partial charge is 0.185 e. The van der Waals surface area contributed by atoms with Crippen molar-refractivity contribution in [1.82, 2.24) is 10.1 Å². The molecule has 2 aromatic carbocycles. The van der Waals surface area contributed by atoms with E-state index in [4.69, 9.17) is 20.9 Å². The number of likely N-dealkylation sites (tertiary alicyclic amines) is 1. The van der Waals surface area contributed by atoms with Crippen molar-refractivity contribution in [1.29, 1.82) is 0 Å². The summed E-state index contributed by atoms with van der Waals surface area (Å²) in [5, 5.41) is 4.49. The van der Waals surface area contributed by atoms with Crippen LogP contribution in [0.3, 0.4) is 0 Å². The van der Waals surface area contributed by atoms with E-state index in [-0.39, 0.29) is 46.8 Å². The van der Waals surface area contributed by atoms with Gasteiger partial charge in [-0.3, -0.25) is 9.59 Å². The summed E-state index contributed by atoms with van der Waals surface area (Å²) in [6.07, 6.45) is 0.675. The summed E-state index contributed by atoms with van der Waals surface area (Å²) in [6.45, 7) is 9.65. The Kier molecular flexibility index (Phi) is 7.72. The maximum Gasteiger partial charge on any atom is 0.185 e. The van der Waals surface area contributed by atoms with Crippen molar-refractivity contribution < 1.29 is 27.6 Å². The van der Waals surface area contributed by atoms with E-state index in [9.17, 15) is 18.4 Å². The molecule has 3 aromatic rings. The molecule has 212 valence electrons. The highest BCUT2D eigenvalue weighted by Crippen LogP contribution is 2.43. The van der Waals surface area contributed by atoms with Gasteiger partial charge in [0.1, 0.15) is 23.1 Å². The van der Waals surface area contributed by atoms with Gasteiger partial charge in [0.05, 0.1) is 18.8 Å². The minimum atomic E-state index is -0.803. The lowest BCUT2D eigenvalue weighted by Gasteiger charge is -2.54. The van der Waals surface area contributed by atoms with Gasteiger partial charge in [-0.2, -0.15) is 0 Å². The van der Waals surface area contributed by atoms with E-state index < -0.39 is 22.5 Å². The first kappa shape index (κ1) is 28.6. The first-order valence-corrected chi connectivity index (χ1v) is 13.8. The third kappa shape index (κ3) is 6.19. The molecule has 3 heterocycles. The Labute approximate surface area is 237 Å². The van der Waals surface area contributed by atoms with Crippen LogP contribution in [-0.4, -0.2) is 54.5 Å². The monoisotopic (exact) mass is 570 g/mol. The van der Waals surface area contributed by atoms with Crippen molar-refractivity contribution in [3.8, 4) is 11.3 Å². The summed E-state index contributed by atoms with van der Waals surface area (Å²) in [7, 11) is 0. The molecule has 0 atom stereocenters.